The summed E-state index contributed by atoms with van der Waals surface area (Å²) < 4.78 is 0. The van der Waals surface area contributed by atoms with Crippen LogP contribution in [0.5, 0.6) is 0 Å². The number of nitrogens with one attached hydrogen (secondary N) is 1. The Labute approximate surface area is 109 Å². The highest BCUT2D eigenvalue weighted by atomic mass is 14.9. The van der Waals surface area contributed by atoms with Gasteiger partial charge in [0.05, 0.1) is 0 Å². The molecular weight excluding hydrogens is 220 g/mol. The van der Waals surface area contributed by atoms with Crippen LogP contribution in [0.2, 0.25) is 0 Å². The molecule has 94 valence electrons. The second-order valence-electron chi connectivity index (χ2n) is 4.70. The molecule has 0 radical (unpaired) electrons. The van der Waals surface area contributed by atoms with E-state index in [0.29, 0.717) is 6.04 Å². The monoisotopic (exact) mass is 240 g/mol. The summed E-state index contributed by atoms with van der Waals surface area (Å²) in [4.78, 5) is 4.16. The Morgan fingerprint density at radius 2 is 1.89 bits per heavy atom. The maximum absolute atomic E-state index is 4.16. The predicted octanol–water partition coefficient (Wildman–Crippen LogP) is 3.20. The second kappa shape index (κ2) is 5.78. The van der Waals surface area contributed by atoms with Gasteiger partial charge >= 0.3 is 0 Å². The highest BCUT2D eigenvalue weighted by Gasteiger charge is 2.13. The normalized spacial score (nSPS) is 12.4. The number of hydrogen-bond donors (Lipinski definition) is 1. The van der Waals surface area contributed by atoms with Crippen molar-refractivity contribution in [2.75, 3.05) is 7.05 Å². The molecule has 2 nitrogen and oxygen atoms in total. The fourth-order valence-corrected chi connectivity index (χ4v) is 2.30. The third-order valence-electron chi connectivity index (χ3n) is 3.47. The summed E-state index contributed by atoms with van der Waals surface area (Å²) in [7, 11) is 2.02. The van der Waals surface area contributed by atoms with Crippen molar-refractivity contribution in [2.24, 2.45) is 0 Å². The van der Waals surface area contributed by atoms with Crippen LogP contribution in [0.3, 0.4) is 0 Å². The minimum atomic E-state index is 0.342. The van der Waals surface area contributed by atoms with Gasteiger partial charge in [0.1, 0.15) is 0 Å². The van der Waals surface area contributed by atoms with Crippen LogP contribution in [-0.2, 0) is 6.42 Å². The van der Waals surface area contributed by atoms with Gasteiger partial charge in [0.25, 0.3) is 0 Å². The van der Waals surface area contributed by atoms with Crippen molar-refractivity contribution in [1.82, 2.24) is 10.3 Å². The summed E-state index contributed by atoms with van der Waals surface area (Å²) in [6.07, 6.45) is 4.80. The highest BCUT2D eigenvalue weighted by Crippen LogP contribution is 2.22. The molecule has 1 aromatic carbocycles. The van der Waals surface area contributed by atoms with Gasteiger partial charge in [0, 0.05) is 18.4 Å². The molecule has 0 amide bonds. The van der Waals surface area contributed by atoms with Gasteiger partial charge in [-0.25, -0.2) is 0 Å². The van der Waals surface area contributed by atoms with Gasteiger partial charge in [-0.1, -0.05) is 24.3 Å². The number of pyridine rings is 1. The number of hydrogen-bond acceptors (Lipinski definition) is 2. The molecule has 1 N–H and O–H groups in total. The Morgan fingerprint density at radius 1 is 1.11 bits per heavy atom. The Kier molecular flexibility index (Phi) is 4.11. The maximum Gasteiger partial charge on any atom is 0.0362 e. The summed E-state index contributed by atoms with van der Waals surface area (Å²) in [5.41, 5.74) is 5.32. The number of rotatable bonds is 4. The molecule has 2 rings (SSSR count). The molecule has 2 aromatic rings. The highest BCUT2D eigenvalue weighted by molar-refractivity contribution is 5.31. The van der Waals surface area contributed by atoms with Gasteiger partial charge in [0.15, 0.2) is 0 Å². The number of benzene rings is 1. The van der Waals surface area contributed by atoms with Crippen molar-refractivity contribution in [3.63, 3.8) is 0 Å². The van der Waals surface area contributed by atoms with Gasteiger partial charge in [0.2, 0.25) is 0 Å². The summed E-state index contributed by atoms with van der Waals surface area (Å²) in [6.45, 7) is 4.28. The minimum absolute atomic E-state index is 0.342. The first-order valence-electron chi connectivity index (χ1n) is 6.34. The first-order valence-corrected chi connectivity index (χ1v) is 6.34. The van der Waals surface area contributed by atoms with E-state index in [1.165, 1.54) is 22.3 Å². The molecule has 0 aliphatic carbocycles. The van der Waals surface area contributed by atoms with E-state index in [4.69, 9.17) is 0 Å². The zero-order valence-corrected chi connectivity index (χ0v) is 11.3. The second-order valence-corrected chi connectivity index (χ2v) is 4.70. The van der Waals surface area contributed by atoms with Crippen molar-refractivity contribution in [1.29, 1.82) is 0 Å². The lowest BCUT2D eigenvalue weighted by Crippen LogP contribution is -2.20. The van der Waals surface area contributed by atoms with E-state index in [9.17, 15) is 0 Å². The van der Waals surface area contributed by atoms with Crippen LogP contribution in [-0.4, -0.2) is 12.0 Å². The molecular formula is C16H20N2. The molecule has 1 aromatic heterocycles. The molecule has 0 aliphatic rings. The van der Waals surface area contributed by atoms with Crippen LogP contribution in [0.1, 0.15) is 28.3 Å². The van der Waals surface area contributed by atoms with Gasteiger partial charge in [-0.15, -0.1) is 0 Å². The van der Waals surface area contributed by atoms with E-state index in [1.54, 1.807) is 0 Å². The molecule has 0 bridgehead atoms. The van der Waals surface area contributed by atoms with Crippen LogP contribution < -0.4 is 5.32 Å². The van der Waals surface area contributed by atoms with Gasteiger partial charge in [-0.3, -0.25) is 4.98 Å². The van der Waals surface area contributed by atoms with E-state index >= 15 is 0 Å². The zero-order valence-electron chi connectivity index (χ0n) is 11.3. The summed E-state index contributed by atoms with van der Waals surface area (Å²) >= 11 is 0. The predicted molar refractivity (Wildman–Crippen MR) is 75.7 cm³/mol. The van der Waals surface area contributed by atoms with Crippen molar-refractivity contribution in [2.45, 2.75) is 26.3 Å². The smallest absolute Gasteiger partial charge is 0.0362 e. The van der Waals surface area contributed by atoms with Crippen LogP contribution in [0.4, 0.5) is 0 Å². The number of aryl methyl sites for hydroxylation is 2. The molecule has 2 heteroatoms. The van der Waals surface area contributed by atoms with Gasteiger partial charge in [-0.05, 0) is 55.6 Å². The van der Waals surface area contributed by atoms with Gasteiger partial charge in [-0.2, -0.15) is 0 Å². The lowest BCUT2D eigenvalue weighted by molar-refractivity contribution is 0.586. The van der Waals surface area contributed by atoms with Crippen molar-refractivity contribution in [3.05, 3.63) is 65.0 Å². The zero-order chi connectivity index (χ0) is 13.0. The lowest BCUT2D eigenvalue weighted by atomic mass is 9.94. The molecule has 0 aliphatic heterocycles. The molecule has 0 spiro atoms. The summed E-state index contributed by atoms with van der Waals surface area (Å²) in [5.74, 6) is 0. The molecule has 0 fully saturated rings. The largest absolute Gasteiger partial charge is 0.313 e. The van der Waals surface area contributed by atoms with E-state index in [0.717, 1.165) is 6.42 Å². The SMILES string of the molecule is CNC(Cc1ccccc1C)c1ccncc1C. The summed E-state index contributed by atoms with van der Waals surface area (Å²) in [5, 5.41) is 3.41. The average molecular weight is 240 g/mol. The molecule has 0 saturated carbocycles. The van der Waals surface area contributed by atoms with Crippen LogP contribution in [0.25, 0.3) is 0 Å². The Balaban J connectivity index is 2.26. The maximum atomic E-state index is 4.16. The van der Waals surface area contributed by atoms with E-state index < -0.39 is 0 Å². The first-order chi connectivity index (χ1) is 8.72. The van der Waals surface area contributed by atoms with E-state index in [1.807, 2.05) is 19.4 Å². The Hall–Kier alpha value is -1.67. The number of nitrogens with zero attached hydrogens (tertiary/aromatic N) is 1. The van der Waals surface area contributed by atoms with Crippen molar-refractivity contribution < 1.29 is 0 Å². The molecule has 0 saturated heterocycles. The van der Waals surface area contributed by atoms with Gasteiger partial charge < -0.3 is 5.32 Å². The third-order valence-corrected chi connectivity index (χ3v) is 3.47. The minimum Gasteiger partial charge on any atom is -0.313 e. The Bertz CT molecular complexity index is 520. The third kappa shape index (κ3) is 2.77. The number of aromatic nitrogens is 1. The van der Waals surface area contributed by atoms with E-state index in [2.05, 4.69) is 54.5 Å². The van der Waals surface area contributed by atoms with Crippen LogP contribution in [0.15, 0.2) is 42.7 Å². The quantitative estimate of drug-likeness (QED) is 0.887. The molecule has 1 unspecified atom stereocenters. The fraction of sp³-hybridized carbons (Fsp3) is 0.312. The van der Waals surface area contributed by atoms with Crippen molar-refractivity contribution in [3.8, 4) is 0 Å². The summed E-state index contributed by atoms with van der Waals surface area (Å²) in [6, 6.07) is 11.0. The first kappa shape index (κ1) is 12.8. The van der Waals surface area contributed by atoms with Crippen LogP contribution >= 0.6 is 0 Å². The fourth-order valence-electron chi connectivity index (χ4n) is 2.30. The molecule has 1 heterocycles. The van der Waals surface area contributed by atoms with Crippen molar-refractivity contribution >= 4 is 0 Å². The van der Waals surface area contributed by atoms with Crippen LogP contribution in [0, 0.1) is 13.8 Å². The number of likely N-dealkylation sites (N-methyl/N-ethyl adjacent to an activating group) is 1. The molecule has 18 heavy (non-hydrogen) atoms. The molecule has 1 atom stereocenters. The lowest BCUT2D eigenvalue weighted by Gasteiger charge is -2.19. The average Bonchev–Trinajstić information content (AvgIpc) is 2.39. The van der Waals surface area contributed by atoms with E-state index in [-0.39, 0.29) is 0 Å². The Morgan fingerprint density at radius 3 is 2.56 bits per heavy atom. The topological polar surface area (TPSA) is 24.9 Å². The standard InChI is InChI=1S/C16H20N2/c1-12-6-4-5-7-14(12)10-16(17-3)15-8-9-18-11-13(15)2/h4-9,11,16-17H,10H2,1-3H3.